The molecular weight excluding hydrogens is 278 g/mol. The van der Waals surface area contributed by atoms with Crippen molar-refractivity contribution in [2.75, 3.05) is 13.2 Å². The minimum absolute atomic E-state index is 0.138. The molecule has 1 aliphatic rings. The molecule has 1 aromatic heterocycles. The summed E-state index contributed by atoms with van der Waals surface area (Å²) < 4.78 is 7.90. The van der Waals surface area contributed by atoms with E-state index in [1.807, 2.05) is 32.9 Å². The molecular formula is C17H23N3O2. The fraction of sp³-hybridized carbons (Fsp3) is 0.529. The van der Waals surface area contributed by atoms with E-state index in [0.29, 0.717) is 6.54 Å². The molecule has 0 radical (unpaired) electrons. The van der Waals surface area contributed by atoms with Crippen LogP contribution in [0.25, 0.3) is 6.08 Å². The molecule has 5 nitrogen and oxygen atoms in total. The highest BCUT2D eigenvalue weighted by atomic mass is 16.5. The van der Waals surface area contributed by atoms with E-state index >= 15 is 0 Å². The lowest BCUT2D eigenvalue weighted by Gasteiger charge is -2.14. The first kappa shape index (κ1) is 16.3. The Balaban J connectivity index is 2.24. The number of nitriles is 1. The second-order valence-electron chi connectivity index (χ2n) is 5.60. The van der Waals surface area contributed by atoms with E-state index in [2.05, 4.69) is 9.88 Å². The van der Waals surface area contributed by atoms with Gasteiger partial charge in [-0.1, -0.05) is 0 Å². The number of ether oxygens (including phenoxy) is 1. The Morgan fingerprint density at radius 2 is 2.36 bits per heavy atom. The lowest BCUT2D eigenvalue weighted by Crippen LogP contribution is -2.23. The van der Waals surface area contributed by atoms with Gasteiger partial charge in [0, 0.05) is 31.1 Å². The molecule has 0 saturated carbocycles. The van der Waals surface area contributed by atoms with Crippen molar-refractivity contribution >= 4 is 12.0 Å². The van der Waals surface area contributed by atoms with E-state index in [0.717, 1.165) is 42.9 Å². The summed E-state index contributed by atoms with van der Waals surface area (Å²) in [6.07, 6.45) is 4.14. The molecule has 1 unspecified atom stereocenters. The zero-order valence-corrected chi connectivity index (χ0v) is 13.5. The van der Waals surface area contributed by atoms with Gasteiger partial charge in [-0.15, -0.1) is 0 Å². The summed E-state index contributed by atoms with van der Waals surface area (Å²) >= 11 is 0. The summed E-state index contributed by atoms with van der Waals surface area (Å²) in [4.78, 5) is 11.8. The van der Waals surface area contributed by atoms with Crippen LogP contribution < -0.4 is 5.32 Å². The predicted molar refractivity (Wildman–Crippen MR) is 85.2 cm³/mol. The molecule has 1 aliphatic heterocycles. The van der Waals surface area contributed by atoms with Gasteiger partial charge in [0.2, 0.25) is 0 Å². The van der Waals surface area contributed by atoms with E-state index in [4.69, 9.17) is 4.74 Å². The molecule has 22 heavy (non-hydrogen) atoms. The fourth-order valence-electron chi connectivity index (χ4n) is 2.81. The fourth-order valence-corrected chi connectivity index (χ4v) is 2.81. The summed E-state index contributed by atoms with van der Waals surface area (Å²) in [7, 11) is 0. The molecule has 1 N–H and O–H groups in total. The summed E-state index contributed by atoms with van der Waals surface area (Å²) in [5, 5.41) is 11.8. The van der Waals surface area contributed by atoms with Gasteiger partial charge in [-0.3, -0.25) is 4.79 Å². The van der Waals surface area contributed by atoms with Crippen LogP contribution >= 0.6 is 0 Å². The Bertz CT molecular complexity index is 617. The van der Waals surface area contributed by atoms with Gasteiger partial charge in [0.05, 0.1) is 6.10 Å². The highest BCUT2D eigenvalue weighted by Gasteiger charge is 2.19. The number of carbonyl (C=O) groups excluding carboxylic acids is 1. The molecule has 1 fully saturated rings. The first-order valence-corrected chi connectivity index (χ1v) is 7.75. The van der Waals surface area contributed by atoms with Gasteiger partial charge >= 0.3 is 0 Å². The predicted octanol–water partition coefficient (Wildman–Crippen LogP) is 2.33. The van der Waals surface area contributed by atoms with Crippen LogP contribution in [0.3, 0.4) is 0 Å². The van der Waals surface area contributed by atoms with E-state index < -0.39 is 0 Å². The van der Waals surface area contributed by atoms with Crippen LogP contribution in [-0.2, 0) is 16.1 Å². The van der Waals surface area contributed by atoms with Gasteiger partial charge in [-0.25, -0.2) is 0 Å². The van der Waals surface area contributed by atoms with Crippen molar-refractivity contribution in [3.63, 3.8) is 0 Å². The van der Waals surface area contributed by atoms with Gasteiger partial charge in [-0.05, 0) is 51.3 Å². The van der Waals surface area contributed by atoms with E-state index in [9.17, 15) is 10.1 Å². The van der Waals surface area contributed by atoms with Crippen molar-refractivity contribution in [3.8, 4) is 6.07 Å². The molecule has 0 aliphatic carbocycles. The lowest BCUT2D eigenvalue weighted by atomic mass is 10.1. The van der Waals surface area contributed by atoms with Crippen molar-refractivity contribution in [1.82, 2.24) is 9.88 Å². The molecule has 1 aromatic rings. The smallest absolute Gasteiger partial charge is 0.261 e. The van der Waals surface area contributed by atoms with Crippen LogP contribution in [0.5, 0.6) is 0 Å². The van der Waals surface area contributed by atoms with Crippen molar-refractivity contribution < 1.29 is 9.53 Å². The summed E-state index contributed by atoms with van der Waals surface area (Å²) in [6.45, 7) is 8.06. The van der Waals surface area contributed by atoms with E-state index in [1.165, 1.54) is 0 Å². The Labute approximate surface area is 131 Å². The summed E-state index contributed by atoms with van der Waals surface area (Å²) in [5.41, 5.74) is 3.23. The third kappa shape index (κ3) is 3.58. The van der Waals surface area contributed by atoms with Crippen molar-refractivity contribution in [1.29, 1.82) is 5.26 Å². The van der Waals surface area contributed by atoms with Crippen molar-refractivity contribution in [2.24, 2.45) is 0 Å². The number of aromatic nitrogens is 1. The molecule has 1 atom stereocenters. The van der Waals surface area contributed by atoms with E-state index in [1.54, 1.807) is 6.08 Å². The zero-order chi connectivity index (χ0) is 16.1. The third-order valence-electron chi connectivity index (χ3n) is 4.03. The Kier molecular flexibility index (Phi) is 5.40. The summed E-state index contributed by atoms with van der Waals surface area (Å²) in [6, 6.07) is 3.99. The highest BCUT2D eigenvalue weighted by Crippen LogP contribution is 2.22. The number of carbonyl (C=O) groups is 1. The number of hydrogen-bond donors (Lipinski definition) is 1. The van der Waals surface area contributed by atoms with E-state index in [-0.39, 0.29) is 17.6 Å². The average Bonchev–Trinajstić information content (AvgIpc) is 3.09. The van der Waals surface area contributed by atoms with Crippen LogP contribution in [0, 0.1) is 25.2 Å². The maximum Gasteiger partial charge on any atom is 0.261 e. The number of rotatable bonds is 5. The number of likely N-dealkylation sites (N-methyl/N-ethyl adjacent to an activating group) is 1. The second-order valence-corrected chi connectivity index (χ2v) is 5.60. The minimum Gasteiger partial charge on any atom is -0.376 e. The number of nitrogens with zero attached hydrogens (tertiary/aromatic N) is 2. The molecule has 1 amide bonds. The van der Waals surface area contributed by atoms with Gasteiger partial charge in [0.25, 0.3) is 5.91 Å². The maximum absolute atomic E-state index is 11.8. The Morgan fingerprint density at radius 3 is 2.95 bits per heavy atom. The number of nitrogens with one attached hydrogen (secondary N) is 1. The molecule has 1 saturated heterocycles. The Morgan fingerprint density at radius 1 is 1.59 bits per heavy atom. The topological polar surface area (TPSA) is 67.0 Å². The number of amides is 1. The standard InChI is InChI=1S/C17H23N3O2/c1-4-19-17(21)15(10-18)9-14-8-12(2)20(13(14)3)11-16-6-5-7-22-16/h8-9,16H,4-7,11H2,1-3H3,(H,19,21). The molecule has 2 heterocycles. The molecule has 0 spiro atoms. The molecule has 5 heteroatoms. The lowest BCUT2D eigenvalue weighted by molar-refractivity contribution is -0.116. The largest absolute Gasteiger partial charge is 0.376 e. The SMILES string of the molecule is CCNC(=O)C(C#N)=Cc1cc(C)n(CC2CCCO2)c1C. The van der Waals surface area contributed by atoms with Gasteiger partial charge in [0.15, 0.2) is 0 Å². The third-order valence-corrected chi connectivity index (χ3v) is 4.03. The number of hydrogen-bond acceptors (Lipinski definition) is 3. The Hall–Kier alpha value is -2.06. The van der Waals surface area contributed by atoms with Crippen LogP contribution in [-0.4, -0.2) is 29.7 Å². The first-order valence-electron chi connectivity index (χ1n) is 7.75. The summed E-state index contributed by atoms with van der Waals surface area (Å²) in [5.74, 6) is -0.325. The number of aryl methyl sites for hydroxylation is 1. The molecule has 2 rings (SSSR count). The minimum atomic E-state index is -0.325. The average molecular weight is 301 g/mol. The van der Waals surface area contributed by atoms with Crippen molar-refractivity contribution in [2.45, 2.75) is 46.3 Å². The van der Waals surface area contributed by atoms with Crippen LogP contribution in [0.1, 0.15) is 36.7 Å². The highest BCUT2D eigenvalue weighted by molar-refractivity contribution is 6.01. The molecule has 118 valence electrons. The first-order chi connectivity index (χ1) is 10.6. The van der Waals surface area contributed by atoms with Crippen LogP contribution in [0.15, 0.2) is 11.6 Å². The van der Waals surface area contributed by atoms with Crippen LogP contribution in [0.2, 0.25) is 0 Å². The van der Waals surface area contributed by atoms with Crippen molar-refractivity contribution in [3.05, 3.63) is 28.6 Å². The monoisotopic (exact) mass is 301 g/mol. The second kappa shape index (κ2) is 7.28. The zero-order valence-electron chi connectivity index (χ0n) is 13.5. The normalized spacial score (nSPS) is 18.3. The van der Waals surface area contributed by atoms with Crippen LogP contribution in [0.4, 0.5) is 0 Å². The van der Waals surface area contributed by atoms with Gasteiger partial charge in [0.1, 0.15) is 11.6 Å². The van der Waals surface area contributed by atoms with Gasteiger partial charge < -0.3 is 14.6 Å². The quantitative estimate of drug-likeness (QED) is 0.670. The van der Waals surface area contributed by atoms with Gasteiger partial charge in [-0.2, -0.15) is 5.26 Å². The maximum atomic E-state index is 11.8. The molecule has 0 aromatic carbocycles. The molecule has 0 bridgehead atoms.